The van der Waals surface area contributed by atoms with Crippen LogP contribution in [0.5, 0.6) is 0 Å². The molecule has 16 heavy (non-hydrogen) atoms. The second-order valence-corrected chi connectivity index (χ2v) is 4.84. The molecule has 0 radical (unpaired) electrons. The fourth-order valence-electron chi connectivity index (χ4n) is 1.41. The summed E-state index contributed by atoms with van der Waals surface area (Å²) in [5.41, 5.74) is 7.46. The molecule has 1 aromatic heterocycles. The molecule has 0 aliphatic rings. The SMILES string of the molecule is CCC(CSC)Nc1cnccc1C(N)=S. The number of aromatic nitrogens is 1. The second kappa shape index (κ2) is 6.70. The van der Waals surface area contributed by atoms with Crippen molar-refractivity contribution in [1.29, 1.82) is 0 Å². The predicted octanol–water partition coefficient (Wildman–Crippen LogP) is 2.27. The maximum absolute atomic E-state index is 5.66. The van der Waals surface area contributed by atoms with Crippen molar-refractivity contribution in [3.63, 3.8) is 0 Å². The number of nitrogens with two attached hydrogens (primary N) is 1. The average Bonchev–Trinajstić information content (AvgIpc) is 2.29. The molecule has 1 rings (SSSR count). The number of anilines is 1. The Hall–Kier alpha value is -0.810. The highest BCUT2D eigenvalue weighted by atomic mass is 32.2. The zero-order chi connectivity index (χ0) is 12.0. The zero-order valence-corrected chi connectivity index (χ0v) is 11.2. The van der Waals surface area contributed by atoms with Crippen LogP contribution in [0.3, 0.4) is 0 Å². The van der Waals surface area contributed by atoms with E-state index >= 15 is 0 Å². The van der Waals surface area contributed by atoms with E-state index in [1.54, 1.807) is 12.4 Å². The molecular weight excluding hydrogens is 238 g/mol. The fourth-order valence-corrected chi connectivity index (χ4v) is 2.31. The Bertz CT molecular complexity index is 355. The Morgan fingerprint density at radius 3 is 3.00 bits per heavy atom. The Kier molecular flexibility index (Phi) is 5.55. The van der Waals surface area contributed by atoms with Gasteiger partial charge in [0.15, 0.2) is 0 Å². The molecule has 1 atom stereocenters. The second-order valence-electron chi connectivity index (χ2n) is 3.49. The highest BCUT2D eigenvalue weighted by Gasteiger charge is 2.09. The van der Waals surface area contributed by atoms with Crippen LogP contribution in [0.1, 0.15) is 18.9 Å². The van der Waals surface area contributed by atoms with Crippen molar-refractivity contribution in [1.82, 2.24) is 4.98 Å². The quantitative estimate of drug-likeness (QED) is 0.764. The summed E-state index contributed by atoms with van der Waals surface area (Å²) in [5.74, 6) is 1.06. The number of pyridine rings is 1. The van der Waals surface area contributed by atoms with E-state index in [0.29, 0.717) is 11.0 Å². The van der Waals surface area contributed by atoms with Crippen LogP contribution >= 0.6 is 24.0 Å². The molecule has 0 saturated heterocycles. The van der Waals surface area contributed by atoms with Crippen LogP contribution in [-0.4, -0.2) is 28.0 Å². The van der Waals surface area contributed by atoms with Crippen LogP contribution in [0.4, 0.5) is 5.69 Å². The molecule has 88 valence electrons. The Labute approximate surface area is 106 Å². The first-order valence-electron chi connectivity index (χ1n) is 5.18. The Morgan fingerprint density at radius 1 is 1.69 bits per heavy atom. The van der Waals surface area contributed by atoms with Crippen molar-refractivity contribution in [3.05, 3.63) is 24.0 Å². The largest absolute Gasteiger partial charge is 0.389 e. The van der Waals surface area contributed by atoms with Crippen LogP contribution in [0.15, 0.2) is 18.5 Å². The number of nitrogens with one attached hydrogen (secondary N) is 1. The van der Waals surface area contributed by atoms with Gasteiger partial charge in [0, 0.05) is 23.6 Å². The number of thioether (sulfide) groups is 1. The number of hydrogen-bond donors (Lipinski definition) is 2. The summed E-state index contributed by atoms with van der Waals surface area (Å²) in [5, 5.41) is 3.43. The van der Waals surface area contributed by atoms with E-state index in [1.807, 2.05) is 17.8 Å². The van der Waals surface area contributed by atoms with Gasteiger partial charge in [-0.3, -0.25) is 4.98 Å². The lowest BCUT2D eigenvalue weighted by Crippen LogP contribution is -2.23. The third kappa shape index (κ3) is 3.64. The van der Waals surface area contributed by atoms with E-state index in [-0.39, 0.29) is 0 Å². The van der Waals surface area contributed by atoms with Crippen molar-refractivity contribution in [2.24, 2.45) is 5.73 Å². The van der Waals surface area contributed by atoms with Crippen molar-refractivity contribution in [2.45, 2.75) is 19.4 Å². The van der Waals surface area contributed by atoms with E-state index in [9.17, 15) is 0 Å². The predicted molar refractivity (Wildman–Crippen MR) is 76.2 cm³/mol. The fraction of sp³-hybridized carbons (Fsp3) is 0.455. The van der Waals surface area contributed by atoms with E-state index in [4.69, 9.17) is 18.0 Å². The summed E-state index contributed by atoms with van der Waals surface area (Å²) in [6.07, 6.45) is 6.64. The third-order valence-electron chi connectivity index (χ3n) is 2.31. The van der Waals surface area contributed by atoms with Gasteiger partial charge in [0.1, 0.15) is 4.99 Å². The average molecular weight is 255 g/mol. The summed E-state index contributed by atoms with van der Waals surface area (Å²) >= 11 is 6.83. The molecule has 0 fully saturated rings. The number of nitrogens with zero attached hydrogens (tertiary/aromatic N) is 1. The molecule has 5 heteroatoms. The van der Waals surface area contributed by atoms with Gasteiger partial charge >= 0.3 is 0 Å². The molecule has 0 aromatic carbocycles. The van der Waals surface area contributed by atoms with Gasteiger partial charge in [0.25, 0.3) is 0 Å². The number of hydrogen-bond acceptors (Lipinski definition) is 4. The molecule has 0 aliphatic carbocycles. The zero-order valence-electron chi connectivity index (χ0n) is 9.56. The van der Waals surface area contributed by atoms with Gasteiger partial charge in [-0.25, -0.2) is 0 Å². The molecular formula is C11H17N3S2. The van der Waals surface area contributed by atoms with Gasteiger partial charge in [-0.2, -0.15) is 11.8 Å². The molecule has 0 spiro atoms. The Morgan fingerprint density at radius 2 is 2.44 bits per heavy atom. The van der Waals surface area contributed by atoms with Gasteiger partial charge in [-0.05, 0) is 18.7 Å². The summed E-state index contributed by atoms with van der Waals surface area (Å²) < 4.78 is 0. The monoisotopic (exact) mass is 255 g/mol. The van der Waals surface area contributed by atoms with Crippen LogP contribution < -0.4 is 11.1 Å². The lowest BCUT2D eigenvalue weighted by atomic mass is 10.2. The molecule has 0 saturated carbocycles. The first kappa shape index (κ1) is 13.3. The molecule has 0 bridgehead atoms. The highest BCUT2D eigenvalue weighted by Crippen LogP contribution is 2.16. The molecule has 1 aromatic rings. The Balaban J connectivity index is 2.82. The number of rotatable bonds is 6. The highest BCUT2D eigenvalue weighted by molar-refractivity contribution is 7.98. The lowest BCUT2D eigenvalue weighted by Gasteiger charge is -2.18. The maximum atomic E-state index is 5.66. The minimum Gasteiger partial charge on any atom is -0.389 e. The van der Waals surface area contributed by atoms with E-state index in [1.165, 1.54) is 0 Å². The molecule has 1 heterocycles. The topological polar surface area (TPSA) is 50.9 Å². The molecule has 0 aliphatic heterocycles. The van der Waals surface area contributed by atoms with E-state index in [0.717, 1.165) is 23.4 Å². The minimum atomic E-state index is 0.406. The van der Waals surface area contributed by atoms with Crippen LogP contribution in [-0.2, 0) is 0 Å². The molecule has 3 N–H and O–H groups in total. The van der Waals surface area contributed by atoms with Gasteiger partial charge in [-0.1, -0.05) is 19.1 Å². The van der Waals surface area contributed by atoms with Crippen LogP contribution in [0.2, 0.25) is 0 Å². The van der Waals surface area contributed by atoms with Crippen LogP contribution in [0.25, 0.3) is 0 Å². The maximum Gasteiger partial charge on any atom is 0.106 e. The summed E-state index contributed by atoms with van der Waals surface area (Å²) in [6, 6.07) is 2.27. The normalized spacial score (nSPS) is 12.1. The van der Waals surface area contributed by atoms with Gasteiger partial charge in [-0.15, -0.1) is 0 Å². The van der Waals surface area contributed by atoms with Crippen LogP contribution in [0, 0.1) is 0 Å². The van der Waals surface area contributed by atoms with Gasteiger partial charge in [0.05, 0.1) is 11.9 Å². The van der Waals surface area contributed by atoms with E-state index in [2.05, 4.69) is 23.5 Å². The van der Waals surface area contributed by atoms with Crippen molar-refractivity contribution in [2.75, 3.05) is 17.3 Å². The first-order chi connectivity index (χ1) is 7.69. The summed E-state index contributed by atoms with van der Waals surface area (Å²) in [7, 11) is 0. The standard InChI is InChI=1S/C11H17N3S2/c1-3-8(7-16-2)14-10-6-13-5-4-9(10)11(12)15/h4-6,8,14H,3,7H2,1-2H3,(H2,12,15). The van der Waals surface area contributed by atoms with E-state index < -0.39 is 0 Å². The van der Waals surface area contributed by atoms with Crippen molar-refractivity contribution < 1.29 is 0 Å². The third-order valence-corrected chi connectivity index (χ3v) is 3.26. The van der Waals surface area contributed by atoms with Crippen molar-refractivity contribution in [3.8, 4) is 0 Å². The van der Waals surface area contributed by atoms with Gasteiger partial charge < -0.3 is 11.1 Å². The molecule has 3 nitrogen and oxygen atoms in total. The lowest BCUT2D eigenvalue weighted by molar-refractivity contribution is 0.774. The smallest absolute Gasteiger partial charge is 0.106 e. The molecule has 0 amide bonds. The molecule has 1 unspecified atom stereocenters. The van der Waals surface area contributed by atoms with Crippen molar-refractivity contribution >= 4 is 34.7 Å². The number of thiocarbonyl (C=S) groups is 1. The van der Waals surface area contributed by atoms with Gasteiger partial charge in [0.2, 0.25) is 0 Å². The summed E-state index contributed by atoms with van der Waals surface area (Å²) in [6.45, 7) is 2.16. The minimum absolute atomic E-state index is 0.406. The first-order valence-corrected chi connectivity index (χ1v) is 6.98. The summed E-state index contributed by atoms with van der Waals surface area (Å²) in [4.78, 5) is 4.50.